The third-order valence-corrected chi connectivity index (χ3v) is 2.95. The van der Waals surface area contributed by atoms with Crippen LogP contribution >= 0.6 is 11.6 Å². The number of anilines is 2. The maximum absolute atomic E-state index is 13.6. The Hall–Kier alpha value is -2.60. The number of amides is 1. The summed E-state index contributed by atoms with van der Waals surface area (Å²) in [7, 11) is 0. The van der Waals surface area contributed by atoms with E-state index < -0.39 is 17.7 Å². The van der Waals surface area contributed by atoms with Gasteiger partial charge < -0.3 is 16.2 Å². The summed E-state index contributed by atoms with van der Waals surface area (Å²) in [6.45, 7) is 0. The van der Waals surface area contributed by atoms with Gasteiger partial charge in [0.25, 0.3) is 5.91 Å². The van der Waals surface area contributed by atoms with Crippen molar-refractivity contribution >= 4 is 34.9 Å². The zero-order valence-corrected chi connectivity index (χ0v) is 11.3. The van der Waals surface area contributed by atoms with Crippen LogP contribution in [0, 0.1) is 5.82 Å². The molecule has 0 heterocycles. The van der Waals surface area contributed by atoms with Gasteiger partial charge in [0.1, 0.15) is 5.82 Å². The van der Waals surface area contributed by atoms with Crippen molar-refractivity contribution < 1.29 is 19.1 Å². The Morgan fingerprint density at radius 2 is 1.90 bits per heavy atom. The lowest BCUT2D eigenvalue weighted by molar-refractivity contribution is 0.0696. The second kappa shape index (κ2) is 5.80. The van der Waals surface area contributed by atoms with E-state index in [-0.39, 0.29) is 27.5 Å². The van der Waals surface area contributed by atoms with E-state index in [0.29, 0.717) is 0 Å². The highest BCUT2D eigenvalue weighted by atomic mass is 35.5. The van der Waals surface area contributed by atoms with Gasteiger partial charge in [-0.2, -0.15) is 0 Å². The molecule has 0 aliphatic heterocycles. The molecule has 7 heteroatoms. The largest absolute Gasteiger partial charge is 0.478 e. The Labute approximate surface area is 124 Å². The molecule has 21 heavy (non-hydrogen) atoms. The maximum Gasteiger partial charge on any atom is 0.335 e. The van der Waals surface area contributed by atoms with E-state index >= 15 is 0 Å². The molecule has 0 atom stereocenters. The number of carboxylic acid groups (broad SMARTS) is 1. The Kier molecular flexibility index (Phi) is 4.09. The van der Waals surface area contributed by atoms with Crippen molar-refractivity contribution in [3.05, 3.63) is 58.4 Å². The quantitative estimate of drug-likeness (QED) is 0.760. The molecule has 2 aromatic rings. The number of nitrogen functional groups attached to an aromatic ring is 1. The first kappa shape index (κ1) is 14.8. The van der Waals surface area contributed by atoms with Gasteiger partial charge in [0.2, 0.25) is 0 Å². The van der Waals surface area contributed by atoms with Gasteiger partial charge in [-0.15, -0.1) is 0 Å². The van der Waals surface area contributed by atoms with Gasteiger partial charge in [-0.3, -0.25) is 4.79 Å². The van der Waals surface area contributed by atoms with E-state index in [1.807, 2.05) is 0 Å². The Balaban J connectivity index is 2.27. The fraction of sp³-hybridized carbons (Fsp3) is 0. The Bertz CT molecular complexity index is 734. The number of nitrogens with two attached hydrogens (primary N) is 1. The predicted octanol–water partition coefficient (Wildman–Crippen LogP) is 3.01. The molecule has 0 aliphatic rings. The number of nitrogens with one attached hydrogen (secondary N) is 1. The molecule has 0 saturated carbocycles. The van der Waals surface area contributed by atoms with Crippen LogP contribution in [0.2, 0.25) is 5.02 Å². The number of hydrogen-bond donors (Lipinski definition) is 3. The van der Waals surface area contributed by atoms with Crippen molar-refractivity contribution in [1.29, 1.82) is 0 Å². The lowest BCUT2D eigenvalue weighted by atomic mass is 10.1. The molecule has 0 radical (unpaired) electrons. The first-order valence-electron chi connectivity index (χ1n) is 5.77. The summed E-state index contributed by atoms with van der Waals surface area (Å²) in [5.41, 5.74) is 5.65. The summed E-state index contributed by atoms with van der Waals surface area (Å²) in [6.07, 6.45) is 0. The van der Waals surface area contributed by atoms with Crippen LogP contribution in [-0.4, -0.2) is 17.0 Å². The van der Waals surface area contributed by atoms with Crippen LogP contribution in [0.3, 0.4) is 0 Å². The lowest BCUT2D eigenvalue weighted by Gasteiger charge is -2.09. The molecule has 0 spiro atoms. The molecule has 0 saturated heterocycles. The topological polar surface area (TPSA) is 92.4 Å². The first-order valence-corrected chi connectivity index (χ1v) is 6.15. The number of carboxylic acids is 1. The van der Waals surface area contributed by atoms with Crippen molar-refractivity contribution in [3.63, 3.8) is 0 Å². The number of aromatic carboxylic acids is 1. The van der Waals surface area contributed by atoms with E-state index in [9.17, 15) is 14.0 Å². The predicted molar refractivity (Wildman–Crippen MR) is 77.2 cm³/mol. The second-order valence-corrected chi connectivity index (χ2v) is 4.62. The van der Waals surface area contributed by atoms with Gasteiger partial charge in [0.05, 0.1) is 22.5 Å². The van der Waals surface area contributed by atoms with Gasteiger partial charge in [0.15, 0.2) is 0 Å². The molecule has 0 fully saturated rings. The summed E-state index contributed by atoms with van der Waals surface area (Å²) >= 11 is 5.71. The molecule has 0 aliphatic carbocycles. The maximum atomic E-state index is 13.6. The molecule has 0 unspecified atom stereocenters. The number of halogens is 2. The smallest absolute Gasteiger partial charge is 0.335 e. The van der Waals surface area contributed by atoms with E-state index in [1.165, 1.54) is 30.3 Å². The van der Waals surface area contributed by atoms with Crippen molar-refractivity contribution in [2.24, 2.45) is 0 Å². The number of carbonyl (C=O) groups is 2. The van der Waals surface area contributed by atoms with Gasteiger partial charge in [0, 0.05) is 5.02 Å². The molecule has 2 rings (SSSR count). The number of carbonyl (C=O) groups excluding carboxylic acids is 1. The highest BCUT2D eigenvalue weighted by molar-refractivity contribution is 6.31. The van der Waals surface area contributed by atoms with Crippen molar-refractivity contribution in [3.8, 4) is 0 Å². The number of rotatable bonds is 3. The van der Waals surface area contributed by atoms with E-state index in [2.05, 4.69) is 5.32 Å². The van der Waals surface area contributed by atoms with Crippen LogP contribution in [0.15, 0.2) is 36.4 Å². The molecular formula is C14H10ClFN2O3. The van der Waals surface area contributed by atoms with Crippen LogP contribution < -0.4 is 11.1 Å². The third-order valence-electron chi connectivity index (χ3n) is 2.72. The van der Waals surface area contributed by atoms with Gasteiger partial charge in [-0.05, 0) is 36.4 Å². The van der Waals surface area contributed by atoms with Crippen molar-refractivity contribution in [2.45, 2.75) is 0 Å². The highest BCUT2D eigenvalue weighted by Crippen LogP contribution is 2.22. The zero-order chi connectivity index (χ0) is 15.6. The minimum atomic E-state index is -1.14. The fourth-order valence-corrected chi connectivity index (χ4v) is 1.84. The third kappa shape index (κ3) is 3.29. The molecule has 2 aromatic carbocycles. The van der Waals surface area contributed by atoms with Crippen molar-refractivity contribution in [1.82, 2.24) is 0 Å². The number of hydrogen-bond acceptors (Lipinski definition) is 3. The summed E-state index contributed by atoms with van der Waals surface area (Å²) in [4.78, 5) is 22.8. The average molecular weight is 309 g/mol. The van der Waals surface area contributed by atoms with E-state index in [1.54, 1.807) is 0 Å². The highest BCUT2D eigenvalue weighted by Gasteiger charge is 2.14. The second-order valence-electron chi connectivity index (χ2n) is 4.19. The van der Waals surface area contributed by atoms with E-state index in [0.717, 1.165) is 6.07 Å². The van der Waals surface area contributed by atoms with Crippen LogP contribution in [0.25, 0.3) is 0 Å². The SMILES string of the molecule is Nc1cc(C(=O)O)ccc1NC(=O)c1cc(Cl)ccc1F. The minimum Gasteiger partial charge on any atom is -0.478 e. The van der Waals surface area contributed by atoms with Crippen LogP contribution in [0.1, 0.15) is 20.7 Å². The molecule has 0 bridgehead atoms. The summed E-state index contributed by atoms with van der Waals surface area (Å²) in [5, 5.41) is 11.4. The fourth-order valence-electron chi connectivity index (χ4n) is 1.67. The summed E-state index contributed by atoms with van der Waals surface area (Å²) < 4.78 is 13.6. The standard InChI is InChI=1S/C14H10ClFN2O3/c15-8-2-3-10(16)9(6-8)13(19)18-12-4-1-7(14(20)21)5-11(12)17/h1-6H,17H2,(H,18,19)(H,20,21). The van der Waals surface area contributed by atoms with Gasteiger partial charge >= 0.3 is 5.97 Å². The van der Waals surface area contributed by atoms with Gasteiger partial charge in [-0.1, -0.05) is 11.6 Å². The minimum absolute atomic E-state index is 0.0144. The molecule has 108 valence electrons. The molecule has 0 aromatic heterocycles. The summed E-state index contributed by atoms with van der Waals surface area (Å²) in [5.74, 6) is -2.59. The molecule has 4 N–H and O–H groups in total. The van der Waals surface area contributed by atoms with Crippen LogP contribution in [-0.2, 0) is 0 Å². The summed E-state index contributed by atoms with van der Waals surface area (Å²) in [6, 6.07) is 7.40. The molecule has 1 amide bonds. The monoisotopic (exact) mass is 308 g/mol. The molecular weight excluding hydrogens is 299 g/mol. The molecule has 5 nitrogen and oxygen atoms in total. The normalized spacial score (nSPS) is 10.2. The van der Waals surface area contributed by atoms with Crippen LogP contribution in [0.4, 0.5) is 15.8 Å². The average Bonchev–Trinajstić information content (AvgIpc) is 2.43. The van der Waals surface area contributed by atoms with Gasteiger partial charge in [-0.25, -0.2) is 9.18 Å². The lowest BCUT2D eigenvalue weighted by Crippen LogP contribution is -2.15. The van der Waals surface area contributed by atoms with Crippen molar-refractivity contribution in [2.75, 3.05) is 11.1 Å². The number of benzene rings is 2. The zero-order valence-electron chi connectivity index (χ0n) is 10.6. The van der Waals surface area contributed by atoms with E-state index in [4.69, 9.17) is 22.4 Å². The van der Waals surface area contributed by atoms with Crippen LogP contribution in [0.5, 0.6) is 0 Å². The first-order chi connectivity index (χ1) is 9.88. The Morgan fingerprint density at radius 3 is 2.52 bits per heavy atom. The Morgan fingerprint density at radius 1 is 1.19 bits per heavy atom.